The number of hydrogen-bond donors (Lipinski definition) is 1. The Bertz CT molecular complexity index is 779. The number of imidazole rings is 1. The largest absolute Gasteiger partial charge is 0.494 e. The van der Waals surface area contributed by atoms with Crippen molar-refractivity contribution in [3.63, 3.8) is 0 Å². The van der Waals surface area contributed by atoms with Gasteiger partial charge in [0.1, 0.15) is 5.75 Å². The summed E-state index contributed by atoms with van der Waals surface area (Å²) in [5.74, 6) is 0.935. The molecule has 0 fully saturated rings. The minimum atomic E-state index is 0.715. The molecule has 1 aliphatic rings. The maximum Gasteiger partial charge on any atom is 0.119 e. The standard InChI is InChI=1S/C19H23N5O/c1(8-23-10-7-20-15-23)11-25-18-4-2-16(3-5-18)13-24-9-6-19-17(14-24)12-21-22-19/h2-5,7,10,12,15H,1,6,8-9,11,13-14H2,(H,21,22). The van der Waals surface area contributed by atoms with E-state index in [0.29, 0.717) is 6.61 Å². The zero-order valence-electron chi connectivity index (χ0n) is 14.3. The third-order valence-electron chi connectivity index (χ3n) is 4.60. The Hall–Kier alpha value is -2.60. The molecule has 3 aromatic rings. The number of aryl methyl sites for hydroxylation is 1. The second-order valence-electron chi connectivity index (χ2n) is 6.48. The molecule has 0 aliphatic carbocycles. The van der Waals surface area contributed by atoms with Crippen LogP contribution in [0.4, 0.5) is 0 Å². The fourth-order valence-electron chi connectivity index (χ4n) is 3.22. The zero-order valence-corrected chi connectivity index (χ0v) is 14.3. The van der Waals surface area contributed by atoms with E-state index in [1.54, 1.807) is 6.20 Å². The third-order valence-corrected chi connectivity index (χ3v) is 4.60. The van der Waals surface area contributed by atoms with Crippen molar-refractivity contribution >= 4 is 0 Å². The first kappa shape index (κ1) is 15.9. The molecule has 4 rings (SSSR count). The van der Waals surface area contributed by atoms with E-state index in [-0.39, 0.29) is 0 Å². The number of aromatic nitrogens is 4. The van der Waals surface area contributed by atoms with E-state index >= 15 is 0 Å². The van der Waals surface area contributed by atoms with E-state index in [1.807, 2.05) is 18.7 Å². The van der Waals surface area contributed by atoms with Crippen molar-refractivity contribution in [2.45, 2.75) is 32.5 Å². The van der Waals surface area contributed by atoms with Gasteiger partial charge in [0.15, 0.2) is 0 Å². The minimum Gasteiger partial charge on any atom is -0.494 e. The van der Waals surface area contributed by atoms with E-state index in [9.17, 15) is 0 Å². The Morgan fingerprint density at radius 3 is 2.96 bits per heavy atom. The van der Waals surface area contributed by atoms with Gasteiger partial charge in [-0.1, -0.05) is 12.1 Å². The maximum atomic E-state index is 5.83. The van der Waals surface area contributed by atoms with Crippen LogP contribution in [-0.4, -0.2) is 37.8 Å². The quantitative estimate of drug-likeness (QED) is 0.673. The first-order chi connectivity index (χ1) is 12.4. The molecule has 130 valence electrons. The molecule has 25 heavy (non-hydrogen) atoms. The highest BCUT2D eigenvalue weighted by atomic mass is 16.5. The lowest BCUT2D eigenvalue weighted by Gasteiger charge is -2.26. The third kappa shape index (κ3) is 4.09. The number of nitrogens with one attached hydrogen (secondary N) is 1. The van der Waals surface area contributed by atoms with Gasteiger partial charge in [0, 0.05) is 56.3 Å². The number of benzene rings is 1. The fourth-order valence-corrected chi connectivity index (χ4v) is 3.22. The summed E-state index contributed by atoms with van der Waals surface area (Å²) in [4.78, 5) is 6.50. The highest BCUT2D eigenvalue weighted by Gasteiger charge is 2.17. The summed E-state index contributed by atoms with van der Waals surface area (Å²) in [7, 11) is 0. The normalized spacial score (nSPS) is 14.4. The molecule has 0 saturated carbocycles. The Balaban J connectivity index is 1.23. The molecule has 0 saturated heterocycles. The van der Waals surface area contributed by atoms with Crippen LogP contribution in [0.25, 0.3) is 0 Å². The lowest BCUT2D eigenvalue weighted by atomic mass is 10.1. The SMILES string of the molecule is c1cn(CCCOc2ccc(CN3CCc4[nH]ncc4C3)cc2)cn1. The van der Waals surface area contributed by atoms with E-state index in [4.69, 9.17) is 4.74 Å². The van der Waals surface area contributed by atoms with E-state index < -0.39 is 0 Å². The van der Waals surface area contributed by atoms with E-state index in [1.165, 1.54) is 16.8 Å². The van der Waals surface area contributed by atoms with Crippen LogP contribution >= 0.6 is 0 Å². The van der Waals surface area contributed by atoms with Gasteiger partial charge in [0.25, 0.3) is 0 Å². The summed E-state index contributed by atoms with van der Waals surface area (Å²) in [6, 6.07) is 8.46. The number of fused-ring (bicyclic) bond motifs is 1. The van der Waals surface area contributed by atoms with Crippen LogP contribution in [0, 0.1) is 0 Å². The molecule has 0 unspecified atom stereocenters. The molecular formula is C19H23N5O. The average molecular weight is 337 g/mol. The predicted molar refractivity (Wildman–Crippen MR) is 95.2 cm³/mol. The summed E-state index contributed by atoms with van der Waals surface area (Å²) >= 11 is 0. The van der Waals surface area contributed by atoms with Crippen LogP contribution in [0.2, 0.25) is 0 Å². The predicted octanol–water partition coefficient (Wildman–Crippen LogP) is 2.63. The highest BCUT2D eigenvalue weighted by molar-refractivity contribution is 5.27. The topological polar surface area (TPSA) is 59.0 Å². The van der Waals surface area contributed by atoms with Gasteiger partial charge in [-0.25, -0.2) is 4.98 Å². The fraction of sp³-hybridized carbons (Fsp3) is 0.368. The first-order valence-electron chi connectivity index (χ1n) is 8.78. The summed E-state index contributed by atoms with van der Waals surface area (Å²) in [6.07, 6.45) is 9.58. The highest BCUT2D eigenvalue weighted by Crippen LogP contribution is 2.19. The van der Waals surface area contributed by atoms with Gasteiger partial charge in [-0.3, -0.25) is 10.00 Å². The second kappa shape index (κ2) is 7.53. The molecule has 1 aromatic carbocycles. The Kier molecular flexibility index (Phi) is 4.79. The number of hydrogen-bond acceptors (Lipinski definition) is 4. The van der Waals surface area contributed by atoms with Crippen molar-refractivity contribution in [1.82, 2.24) is 24.6 Å². The number of nitrogens with zero attached hydrogens (tertiary/aromatic N) is 4. The molecular weight excluding hydrogens is 314 g/mol. The Labute approximate surface area is 147 Å². The van der Waals surface area contributed by atoms with Gasteiger partial charge < -0.3 is 9.30 Å². The number of ether oxygens (including phenoxy) is 1. The monoisotopic (exact) mass is 337 g/mol. The van der Waals surface area contributed by atoms with Crippen molar-refractivity contribution < 1.29 is 4.74 Å². The van der Waals surface area contributed by atoms with E-state index in [0.717, 1.165) is 44.8 Å². The molecule has 2 aromatic heterocycles. The number of aromatic amines is 1. The molecule has 0 atom stereocenters. The molecule has 0 radical (unpaired) electrons. The van der Waals surface area contributed by atoms with Crippen LogP contribution in [0.3, 0.4) is 0 Å². The molecule has 0 amide bonds. The lowest BCUT2D eigenvalue weighted by Crippen LogP contribution is -2.29. The molecule has 3 heterocycles. The van der Waals surface area contributed by atoms with E-state index in [2.05, 4.69) is 48.9 Å². The summed E-state index contributed by atoms with van der Waals surface area (Å²) in [5.41, 5.74) is 3.93. The molecule has 0 spiro atoms. The van der Waals surface area contributed by atoms with Gasteiger partial charge in [-0.15, -0.1) is 0 Å². The van der Waals surface area contributed by atoms with Gasteiger partial charge in [-0.05, 0) is 24.1 Å². The van der Waals surface area contributed by atoms with Crippen molar-refractivity contribution in [3.05, 3.63) is 66.0 Å². The molecule has 1 aliphatic heterocycles. The van der Waals surface area contributed by atoms with Crippen LogP contribution in [-0.2, 0) is 26.1 Å². The van der Waals surface area contributed by atoms with Gasteiger partial charge in [0.05, 0.1) is 19.1 Å². The minimum absolute atomic E-state index is 0.715. The smallest absolute Gasteiger partial charge is 0.119 e. The Morgan fingerprint density at radius 1 is 1.20 bits per heavy atom. The lowest BCUT2D eigenvalue weighted by molar-refractivity contribution is 0.244. The van der Waals surface area contributed by atoms with Crippen molar-refractivity contribution in [2.75, 3.05) is 13.2 Å². The van der Waals surface area contributed by atoms with Crippen molar-refractivity contribution in [2.24, 2.45) is 0 Å². The van der Waals surface area contributed by atoms with Crippen LogP contribution in [0.15, 0.2) is 49.2 Å². The zero-order chi connectivity index (χ0) is 16.9. The van der Waals surface area contributed by atoms with Crippen molar-refractivity contribution in [3.8, 4) is 5.75 Å². The van der Waals surface area contributed by atoms with Gasteiger partial charge >= 0.3 is 0 Å². The number of H-pyrrole nitrogens is 1. The molecule has 0 bridgehead atoms. The average Bonchev–Trinajstić information content (AvgIpc) is 3.31. The first-order valence-corrected chi connectivity index (χ1v) is 8.78. The second-order valence-corrected chi connectivity index (χ2v) is 6.48. The maximum absolute atomic E-state index is 5.83. The molecule has 1 N–H and O–H groups in total. The van der Waals surface area contributed by atoms with Crippen LogP contribution in [0.5, 0.6) is 5.75 Å². The number of rotatable bonds is 7. The van der Waals surface area contributed by atoms with Crippen LogP contribution < -0.4 is 4.74 Å². The van der Waals surface area contributed by atoms with Crippen molar-refractivity contribution in [1.29, 1.82) is 0 Å². The summed E-state index contributed by atoms with van der Waals surface area (Å²) in [5, 5.41) is 7.22. The van der Waals surface area contributed by atoms with Gasteiger partial charge in [0.2, 0.25) is 0 Å². The molecule has 6 nitrogen and oxygen atoms in total. The summed E-state index contributed by atoms with van der Waals surface area (Å²) in [6.45, 7) is 4.65. The Morgan fingerprint density at radius 2 is 2.12 bits per heavy atom. The summed E-state index contributed by atoms with van der Waals surface area (Å²) < 4.78 is 7.89. The van der Waals surface area contributed by atoms with Gasteiger partial charge in [-0.2, -0.15) is 5.10 Å². The van der Waals surface area contributed by atoms with Crippen LogP contribution in [0.1, 0.15) is 23.2 Å². The molecule has 6 heteroatoms.